The van der Waals surface area contributed by atoms with Gasteiger partial charge in [-0.1, -0.05) is 30.3 Å². The normalized spacial score (nSPS) is 17.1. The van der Waals surface area contributed by atoms with Crippen LogP contribution in [0.1, 0.15) is 19.4 Å². The predicted octanol–water partition coefficient (Wildman–Crippen LogP) is 5.56. The fourth-order valence-electron chi connectivity index (χ4n) is 5.09. The Morgan fingerprint density at radius 1 is 1.17 bits per heavy atom. The van der Waals surface area contributed by atoms with E-state index in [2.05, 4.69) is 21.5 Å². The average molecular weight is 580 g/mol. The molecule has 11 heteroatoms. The lowest BCUT2D eigenvalue weighted by molar-refractivity contribution is -0.128. The van der Waals surface area contributed by atoms with Crippen molar-refractivity contribution in [2.75, 3.05) is 24.6 Å². The molecule has 1 N–H and O–H groups in total. The van der Waals surface area contributed by atoms with E-state index >= 15 is 4.39 Å². The number of benzene rings is 2. The number of rotatable bonds is 7. The van der Waals surface area contributed by atoms with Crippen LogP contribution in [0.25, 0.3) is 22.0 Å². The highest BCUT2D eigenvalue weighted by atomic mass is 35.5. The third kappa shape index (κ3) is 5.52. The quantitative estimate of drug-likeness (QED) is 0.287. The lowest BCUT2D eigenvalue weighted by Crippen LogP contribution is -2.58. The fourth-order valence-corrected chi connectivity index (χ4v) is 5.37. The van der Waals surface area contributed by atoms with Gasteiger partial charge < -0.3 is 19.6 Å². The zero-order valence-electron chi connectivity index (χ0n) is 22.5. The molecule has 0 spiro atoms. The Bertz CT molecular complexity index is 1600. The molecule has 5 rings (SSSR count). The molecular formula is C30H28ClF2N5O3. The van der Waals surface area contributed by atoms with E-state index in [1.807, 2.05) is 30.9 Å². The summed E-state index contributed by atoms with van der Waals surface area (Å²) in [5, 5.41) is 10.5. The highest BCUT2D eigenvalue weighted by molar-refractivity contribution is 6.34. The molecule has 212 valence electrons. The van der Waals surface area contributed by atoms with Crippen molar-refractivity contribution in [3.8, 4) is 22.9 Å². The number of amides is 1. The van der Waals surface area contributed by atoms with Gasteiger partial charge in [0.1, 0.15) is 22.9 Å². The molecule has 2 aromatic carbocycles. The van der Waals surface area contributed by atoms with Gasteiger partial charge in [0.05, 0.1) is 17.2 Å². The van der Waals surface area contributed by atoms with Crippen molar-refractivity contribution in [2.24, 2.45) is 0 Å². The van der Waals surface area contributed by atoms with Crippen molar-refractivity contribution in [3.63, 3.8) is 0 Å². The summed E-state index contributed by atoms with van der Waals surface area (Å²) in [6.07, 6.45) is 5.18. The Labute approximate surface area is 240 Å². The van der Waals surface area contributed by atoms with Crippen LogP contribution in [0.3, 0.4) is 0 Å². The summed E-state index contributed by atoms with van der Waals surface area (Å²) in [5.41, 5.74) is 0.116. The van der Waals surface area contributed by atoms with Gasteiger partial charge in [-0.25, -0.2) is 8.78 Å². The first-order chi connectivity index (χ1) is 19.7. The first-order valence-corrected chi connectivity index (χ1v) is 13.5. The zero-order valence-corrected chi connectivity index (χ0v) is 23.3. The summed E-state index contributed by atoms with van der Waals surface area (Å²) in [6.45, 7) is 8.39. The minimum atomic E-state index is -0.921. The number of halogens is 3. The maximum absolute atomic E-state index is 16.3. The fraction of sp³-hybridized carbons (Fsp3) is 0.267. The van der Waals surface area contributed by atoms with Crippen LogP contribution in [-0.4, -0.2) is 62.6 Å². The molecule has 1 saturated heterocycles. The lowest BCUT2D eigenvalue weighted by Gasteiger charge is -2.44. The van der Waals surface area contributed by atoms with E-state index < -0.39 is 17.4 Å². The number of fused-ring (bicyclic) bond motifs is 1. The second-order valence-electron chi connectivity index (χ2n) is 9.91. The number of phenolic OH excluding ortho intramolecular Hbond substituents is 1. The third-order valence-electron chi connectivity index (χ3n) is 7.14. The van der Waals surface area contributed by atoms with Crippen molar-refractivity contribution >= 4 is 34.2 Å². The second kappa shape index (κ2) is 11.7. The van der Waals surface area contributed by atoms with Gasteiger partial charge in [-0.05, 0) is 49.8 Å². The molecule has 0 aliphatic carbocycles. The molecule has 1 fully saturated rings. The Hall–Kier alpha value is -4.31. The number of aromatic hydroxyl groups is 1. The molecule has 2 atom stereocenters. The molecule has 0 radical (unpaired) electrons. The van der Waals surface area contributed by atoms with Gasteiger partial charge in [0, 0.05) is 54.9 Å². The SMILES string of the molecule is C=CC(=O)N1C[C@H](C)N(c2nc(OCCc3cccnc3)nc3c(F)c(-c4c(O)cccc4F)c(Cl)cc23)C[C@H]1C. The van der Waals surface area contributed by atoms with Crippen LogP contribution in [0.15, 0.2) is 61.4 Å². The Kier molecular flexibility index (Phi) is 8.03. The molecule has 4 aromatic rings. The summed E-state index contributed by atoms with van der Waals surface area (Å²) in [7, 11) is 0. The summed E-state index contributed by atoms with van der Waals surface area (Å²) in [4.78, 5) is 29.2. The van der Waals surface area contributed by atoms with E-state index in [0.29, 0.717) is 25.3 Å². The van der Waals surface area contributed by atoms with E-state index in [9.17, 15) is 14.3 Å². The monoisotopic (exact) mass is 579 g/mol. The standard InChI is InChI=1S/C30H28ClF2N5O3/c1-4-24(40)37-15-18(3)38(16-17(37)2)29-20-13-21(31)25(26-22(32)8-5-9-23(26)39)27(33)28(20)35-30(36-29)41-12-10-19-7-6-11-34-14-19/h4-9,11,13-14,17-18,39H,1,10,12,15-16H2,2-3H3/t17-,18+/m1/s1. The van der Waals surface area contributed by atoms with Crippen LogP contribution < -0.4 is 9.64 Å². The maximum Gasteiger partial charge on any atom is 0.319 e. The van der Waals surface area contributed by atoms with Gasteiger partial charge in [-0.15, -0.1) is 0 Å². The topological polar surface area (TPSA) is 91.7 Å². The number of aromatic nitrogens is 3. The Morgan fingerprint density at radius 3 is 2.68 bits per heavy atom. The predicted molar refractivity (Wildman–Crippen MR) is 153 cm³/mol. The second-order valence-corrected chi connectivity index (χ2v) is 10.3. The van der Waals surface area contributed by atoms with Gasteiger partial charge in [-0.3, -0.25) is 9.78 Å². The first kappa shape index (κ1) is 28.2. The highest BCUT2D eigenvalue weighted by Crippen LogP contribution is 2.43. The number of ether oxygens (including phenoxy) is 1. The van der Waals surface area contributed by atoms with Gasteiger partial charge in [0.25, 0.3) is 0 Å². The van der Waals surface area contributed by atoms with Gasteiger partial charge in [0.2, 0.25) is 5.91 Å². The summed E-state index contributed by atoms with van der Waals surface area (Å²) in [5.74, 6) is -2.04. The smallest absolute Gasteiger partial charge is 0.319 e. The van der Waals surface area contributed by atoms with E-state index in [1.165, 1.54) is 24.3 Å². The Morgan fingerprint density at radius 2 is 1.98 bits per heavy atom. The highest BCUT2D eigenvalue weighted by Gasteiger charge is 2.34. The molecule has 1 aliphatic rings. The van der Waals surface area contributed by atoms with Crippen molar-refractivity contribution in [1.29, 1.82) is 0 Å². The van der Waals surface area contributed by atoms with Crippen LogP contribution in [0.4, 0.5) is 14.6 Å². The van der Waals surface area contributed by atoms with E-state index in [0.717, 1.165) is 11.6 Å². The van der Waals surface area contributed by atoms with E-state index in [1.54, 1.807) is 17.3 Å². The molecule has 1 aliphatic heterocycles. The minimum absolute atomic E-state index is 0.0780. The van der Waals surface area contributed by atoms with Gasteiger partial charge in [0.15, 0.2) is 5.82 Å². The number of carbonyl (C=O) groups excluding carboxylic acids is 1. The number of hydrogen-bond acceptors (Lipinski definition) is 7. The number of hydrogen-bond donors (Lipinski definition) is 1. The molecule has 1 amide bonds. The number of phenols is 1. The van der Waals surface area contributed by atoms with Crippen LogP contribution in [0, 0.1) is 11.6 Å². The number of anilines is 1. The largest absolute Gasteiger partial charge is 0.507 e. The first-order valence-electron chi connectivity index (χ1n) is 13.1. The van der Waals surface area contributed by atoms with E-state index in [-0.39, 0.29) is 57.7 Å². The summed E-state index contributed by atoms with van der Waals surface area (Å²) >= 11 is 6.54. The molecule has 0 saturated carbocycles. The maximum atomic E-state index is 16.3. The molecular weight excluding hydrogens is 552 g/mol. The number of carbonyl (C=O) groups is 1. The van der Waals surface area contributed by atoms with Crippen molar-refractivity contribution in [2.45, 2.75) is 32.4 Å². The minimum Gasteiger partial charge on any atom is -0.507 e. The van der Waals surface area contributed by atoms with Crippen molar-refractivity contribution in [3.05, 3.63) is 83.7 Å². The van der Waals surface area contributed by atoms with Crippen LogP contribution in [-0.2, 0) is 11.2 Å². The molecule has 3 heterocycles. The molecule has 41 heavy (non-hydrogen) atoms. The summed E-state index contributed by atoms with van der Waals surface area (Å²) in [6, 6.07) is 8.38. The van der Waals surface area contributed by atoms with Crippen LogP contribution >= 0.6 is 11.6 Å². The zero-order chi connectivity index (χ0) is 29.3. The Balaban J connectivity index is 1.62. The van der Waals surface area contributed by atoms with Crippen LogP contribution in [0.5, 0.6) is 11.8 Å². The third-order valence-corrected chi connectivity index (χ3v) is 7.44. The molecule has 0 unspecified atom stereocenters. The van der Waals surface area contributed by atoms with Crippen molar-refractivity contribution < 1.29 is 23.4 Å². The van der Waals surface area contributed by atoms with E-state index in [4.69, 9.17) is 16.3 Å². The molecule has 2 aromatic heterocycles. The van der Waals surface area contributed by atoms with Gasteiger partial charge in [-0.2, -0.15) is 9.97 Å². The van der Waals surface area contributed by atoms with Gasteiger partial charge >= 0.3 is 6.01 Å². The number of piperazine rings is 1. The summed E-state index contributed by atoms with van der Waals surface area (Å²) < 4.78 is 37.0. The lowest BCUT2D eigenvalue weighted by atomic mass is 10.0. The average Bonchev–Trinajstić information content (AvgIpc) is 2.95. The van der Waals surface area contributed by atoms with Crippen molar-refractivity contribution in [1.82, 2.24) is 19.9 Å². The number of pyridine rings is 1. The van der Waals surface area contributed by atoms with Crippen LogP contribution in [0.2, 0.25) is 5.02 Å². The molecule has 8 nitrogen and oxygen atoms in total. The molecule has 0 bridgehead atoms. The number of nitrogens with zero attached hydrogens (tertiary/aromatic N) is 5.